The second-order valence-corrected chi connectivity index (χ2v) is 4.52. The van der Waals surface area contributed by atoms with Crippen LogP contribution in [0.25, 0.3) is 0 Å². The topological polar surface area (TPSA) is 106 Å². The smallest absolute Gasteiger partial charge is 0.378 e. The molecule has 0 radical (unpaired) electrons. The lowest BCUT2D eigenvalue weighted by Crippen LogP contribution is -2.54. The highest BCUT2D eigenvalue weighted by atomic mass is 16.5. The molecule has 0 saturated heterocycles. The Labute approximate surface area is 123 Å². The lowest BCUT2D eigenvalue weighted by atomic mass is 10.1. The predicted molar refractivity (Wildman–Crippen MR) is 82.8 cm³/mol. The van der Waals surface area contributed by atoms with Crippen molar-refractivity contribution in [2.75, 3.05) is 35.0 Å². The number of hydrogen-bond acceptors (Lipinski definition) is 8. The predicted octanol–water partition coefficient (Wildman–Crippen LogP) is -5.03. The number of aromatic nitrogens is 2. The minimum absolute atomic E-state index is 0.0436. The van der Waals surface area contributed by atoms with Gasteiger partial charge in [0, 0.05) is 7.11 Å². The van der Waals surface area contributed by atoms with E-state index in [2.05, 4.69) is 15.4 Å². The summed E-state index contributed by atoms with van der Waals surface area (Å²) in [6.45, 7) is 0.303. The number of nitrogens with zero attached hydrogens (tertiary/aromatic N) is 4. The molecular weight excluding hydrogens is 277 g/mol. The zero-order valence-corrected chi connectivity index (χ0v) is 12.8. The molecule has 0 spiro atoms. The van der Waals surface area contributed by atoms with E-state index < -0.39 is 11.4 Å². The van der Waals surface area contributed by atoms with Gasteiger partial charge in [0.25, 0.3) is 5.68 Å². The highest BCUT2D eigenvalue weighted by Crippen LogP contribution is 1.71. The second-order valence-electron chi connectivity index (χ2n) is 4.52. The molecule has 0 aliphatic carbocycles. The van der Waals surface area contributed by atoms with Crippen LogP contribution >= 0.6 is 0 Å². The molecule has 21 heavy (non-hydrogen) atoms. The first-order valence-electron chi connectivity index (χ1n) is 6.35. The molecule has 1 rings (SSSR count). The standard InChI is InChI=1S/C8H19B3N6O4/c1-12-10-16-6(14-9-13-5-20-4)21-8(19)17(7(16)18)11-15(2)3/h9-13H,5H2,1-4H3/b14-6-. The average molecular weight is 296 g/mol. The minimum atomic E-state index is -0.744. The van der Waals surface area contributed by atoms with E-state index in [-0.39, 0.29) is 28.3 Å². The first-order valence-corrected chi connectivity index (χ1v) is 6.35. The fraction of sp³-hybridized carbons (Fsp3) is 0.625. The Hall–Kier alpha value is -1.56. The Bertz CT molecular complexity index is 624. The third-order valence-electron chi connectivity index (χ3n) is 2.40. The Kier molecular flexibility index (Phi) is 7.22. The number of ether oxygens (including phenoxy) is 1. The summed E-state index contributed by atoms with van der Waals surface area (Å²) in [7, 11) is 7.20. The lowest BCUT2D eigenvalue weighted by molar-refractivity contribution is 0.194. The van der Waals surface area contributed by atoms with E-state index in [1.807, 2.05) is 0 Å². The maximum absolute atomic E-state index is 12.3. The van der Waals surface area contributed by atoms with Gasteiger partial charge in [-0.3, -0.25) is 13.9 Å². The monoisotopic (exact) mass is 296 g/mol. The molecule has 0 fully saturated rings. The van der Waals surface area contributed by atoms with Crippen LogP contribution in [-0.4, -0.2) is 71.4 Å². The van der Waals surface area contributed by atoms with Gasteiger partial charge in [-0.2, -0.15) is 0 Å². The first-order chi connectivity index (χ1) is 10.0. The normalized spacial score (nSPS) is 11.8. The summed E-state index contributed by atoms with van der Waals surface area (Å²) in [5.41, 5.74) is -0.530. The van der Waals surface area contributed by atoms with E-state index >= 15 is 0 Å². The number of methoxy groups -OCH3 is 1. The summed E-state index contributed by atoms with van der Waals surface area (Å²) < 4.78 is 12.2. The third-order valence-corrected chi connectivity index (χ3v) is 2.40. The van der Waals surface area contributed by atoms with Crippen molar-refractivity contribution in [3.63, 3.8) is 0 Å². The zero-order chi connectivity index (χ0) is 15.8. The molecular formula is C8H19B3N6O4. The minimum Gasteiger partial charge on any atom is -0.378 e. The van der Waals surface area contributed by atoms with Gasteiger partial charge in [-0.1, -0.05) is 0 Å². The number of rotatable bonds is 8. The van der Waals surface area contributed by atoms with Gasteiger partial charge in [-0.15, -0.1) is 0 Å². The summed E-state index contributed by atoms with van der Waals surface area (Å²) in [5.74, 6) is -0.744. The Morgan fingerprint density at radius 3 is 2.67 bits per heavy atom. The van der Waals surface area contributed by atoms with Crippen molar-refractivity contribution >= 4 is 22.6 Å². The quantitative estimate of drug-likeness (QED) is 0.281. The van der Waals surface area contributed by atoms with Crippen molar-refractivity contribution in [3.8, 4) is 0 Å². The van der Waals surface area contributed by atoms with E-state index in [0.29, 0.717) is 6.73 Å². The van der Waals surface area contributed by atoms with E-state index in [1.165, 1.54) is 11.6 Å². The van der Waals surface area contributed by atoms with Crippen LogP contribution in [0.1, 0.15) is 0 Å². The van der Waals surface area contributed by atoms with Crippen LogP contribution in [0, 0.1) is 0 Å². The van der Waals surface area contributed by atoms with Crippen LogP contribution in [0.4, 0.5) is 0 Å². The summed E-state index contributed by atoms with van der Waals surface area (Å²) in [5, 5.41) is 5.67. The lowest BCUT2D eigenvalue weighted by Gasteiger charge is -2.11. The summed E-state index contributed by atoms with van der Waals surface area (Å²) in [6.07, 6.45) is 0. The number of hydrogen-bond donors (Lipinski definition) is 2. The molecule has 2 N–H and O–H groups in total. The van der Waals surface area contributed by atoms with E-state index in [4.69, 9.17) is 9.15 Å². The molecule has 1 aromatic heterocycles. The fourth-order valence-corrected chi connectivity index (χ4v) is 1.58. The molecule has 0 unspecified atom stereocenters. The van der Waals surface area contributed by atoms with Crippen LogP contribution in [0.15, 0.2) is 18.9 Å². The molecule has 0 amide bonds. The summed E-state index contributed by atoms with van der Waals surface area (Å²) in [6, 6.07) is 0. The molecule has 114 valence electrons. The molecule has 0 atom stereocenters. The van der Waals surface area contributed by atoms with Gasteiger partial charge < -0.3 is 24.4 Å². The Morgan fingerprint density at radius 2 is 2.10 bits per heavy atom. The van der Waals surface area contributed by atoms with Gasteiger partial charge in [-0.05, 0) is 21.1 Å². The van der Waals surface area contributed by atoms with Crippen molar-refractivity contribution in [1.82, 2.24) is 24.2 Å². The number of nitrogens with one attached hydrogen (secondary N) is 2. The molecule has 0 aromatic carbocycles. The third kappa shape index (κ3) is 5.04. The molecule has 0 aliphatic heterocycles. The van der Waals surface area contributed by atoms with Gasteiger partial charge in [0.05, 0.1) is 6.73 Å². The highest BCUT2D eigenvalue weighted by molar-refractivity contribution is 6.32. The molecule has 13 heteroatoms. The maximum Gasteiger partial charge on any atom is 0.414 e. The van der Waals surface area contributed by atoms with Gasteiger partial charge in [0.2, 0.25) is 0 Å². The van der Waals surface area contributed by atoms with Crippen molar-refractivity contribution < 1.29 is 9.15 Å². The van der Waals surface area contributed by atoms with Crippen LogP contribution in [-0.2, 0) is 4.74 Å². The first kappa shape index (κ1) is 17.5. The van der Waals surface area contributed by atoms with Gasteiger partial charge in [-0.25, -0.2) is 9.59 Å². The van der Waals surface area contributed by atoms with Crippen LogP contribution in [0.5, 0.6) is 0 Å². The van der Waals surface area contributed by atoms with Crippen molar-refractivity contribution in [3.05, 3.63) is 26.7 Å². The fourth-order valence-electron chi connectivity index (χ4n) is 1.58. The average Bonchev–Trinajstić information content (AvgIpc) is 2.43. The van der Waals surface area contributed by atoms with E-state index in [0.717, 1.165) is 4.48 Å². The Balaban J connectivity index is 3.25. The molecule has 10 nitrogen and oxygen atoms in total. The molecule has 1 aromatic rings. The molecule has 0 bridgehead atoms. The second kappa shape index (κ2) is 8.67. The SMILES string of the molecule is CNBn1c(=O)n(BN(C)C)c(=O)o/c1=N\BNCOC. The summed E-state index contributed by atoms with van der Waals surface area (Å²) in [4.78, 5) is 29.9. The van der Waals surface area contributed by atoms with Crippen LogP contribution < -0.4 is 27.6 Å². The summed E-state index contributed by atoms with van der Waals surface area (Å²) >= 11 is 0. The molecule has 0 aliphatic rings. The van der Waals surface area contributed by atoms with Gasteiger partial charge in [0.15, 0.2) is 0 Å². The van der Waals surface area contributed by atoms with Gasteiger partial charge >= 0.3 is 34.1 Å². The van der Waals surface area contributed by atoms with Gasteiger partial charge in [0.1, 0.15) is 0 Å². The maximum atomic E-state index is 12.3. The largest absolute Gasteiger partial charge is 0.414 e. The Morgan fingerprint density at radius 1 is 1.38 bits per heavy atom. The highest BCUT2D eigenvalue weighted by Gasteiger charge is 2.12. The molecule has 1 heterocycles. The van der Waals surface area contributed by atoms with Crippen molar-refractivity contribution in [2.24, 2.45) is 4.90 Å². The van der Waals surface area contributed by atoms with Crippen LogP contribution in [0.3, 0.4) is 0 Å². The zero-order valence-electron chi connectivity index (χ0n) is 12.8. The van der Waals surface area contributed by atoms with Crippen molar-refractivity contribution in [2.45, 2.75) is 0 Å². The van der Waals surface area contributed by atoms with Crippen LogP contribution in [0.2, 0.25) is 0 Å². The molecule has 0 saturated carbocycles. The van der Waals surface area contributed by atoms with E-state index in [9.17, 15) is 9.59 Å². The van der Waals surface area contributed by atoms with E-state index in [1.54, 1.807) is 26.0 Å². The van der Waals surface area contributed by atoms with Crippen molar-refractivity contribution in [1.29, 1.82) is 0 Å².